The molecule has 0 N–H and O–H groups in total. The van der Waals surface area contributed by atoms with E-state index in [9.17, 15) is 4.79 Å². The number of Topliss-reactive ketones (excluding diaryl/α,β-unsaturated/α-hetero) is 1. The Morgan fingerprint density at radius 3 is 2.81 bits per heavy atom. The van der Waals surface area contributed by atoms with Crippen molar-refractivity contribution in [1.82, 2.24) is 9.78 Å². The van der Waals surface area contributed by atoms with Gasteiger partial charge in [0, 0.05) is 12.5 Å². The zero-order chi connectivity index (χ0) is 11.5. The van der Waals surface area contributed by atoms with Crippen molar-refractivity contribution in [2.75, 3.05) is 0 Å². The number of carbonyl (C=O) groups is 1. The van der Waals surface area contributed by atoms with Gasteiger partial charge in [0.2, 0.25) is 0 Å². The van der Waals surface area contributed by atoms with Crippen molar-refractivity contribution in [2.24, 2.45) is 5.92 Å². The molecule has 0 amide bonds. The molecule has 88 valence electrons. The van der Waals surface area contributed by atoms with Gasteiger partial charge in [-0.1, -0.05) is 19.3 Å². The quantitative estimate of drug-likeness (QED) is 0.797. The highest BCUT2D eigenvalue weighted by atomic mass is 79.9. The molecule has 0 radical (unpaired) electrons. The Labute approximate surface area is 104 Å². The highest BCUT2D eigenvalue weighted by molar-refractivity contribution is 9.10. The van der Waals surface area contributed by atoms with Crippen molar-refractivity contribution < 1.29 is 4.79 Å². The lowest BCUT2D eigenvalue weighted by Gasteiger charge is -2.20. The van der Waals surface area contributed by atoms with Gasteiger partial charge in [-0.3, -0.25) is 9.48 Å². The third-order valence-electron chi connectivity index (χ3n) is 3.30. The van der Waals surface area contributed by atoms with E-state index in [-0.39, 0.29) is 11.7 Å². The van der Waals surface area contributed by atoms with Crippen LogP contribution in [0.4, 0.5) is 0 Å². The zero-order valence-electron chi connectivity index (χ0n) is 9.58. The van der Waals surface area contributed by atoms with Gasteiger partial charge in [0.1, 0.15) is 5.69 Å². The van der Waals surface area contributed by atoms with Crippen molar-refractivity contribution in [1.29, 1.82) is 0 Å². The number of halogens is 1. The van der Waals surface area contributed by atoms with Crippen LogP contribution in [0.2, 0.25) is 0 Å². The fourth-order valence-corrected chi connectivity index (χ4v) is 2.90. The van der Waals surface area contributed by atoms with Crippen molar-refractivity contribution >= 4 is 21.7 Å². The maximum Gasteiger partial charge on any atom is 0.185 e. The Morgan fingerprint density at radius 1 is 1.50 bits per heavy atom. The predicted octanol–water partition coefficient (Wildman–Crippen LogP) is 3.43. The topological polar surface area (TPSA) is 34.9 Å². The molecule has 1 aliphatic rings. The van der Waals surface area contributed by atoms with Gasteiger partial charge in [0.15, 0.2) is 5.78 Å². The Bertz CT molecular complexity index is 380. The van der Waals surface area contributed by atoms with E-state index >= 15 is 0 Å². The highest BCUT2D eigenvalue weighted by Crippen LogP contribution is 2.29. The molecular weight excluding hydrogens is 268 g/mol. The highest BCUT2D eigenvalue weighted by Gasteiger charge is 2.26. The molecule has 0 aliphatic heterocycles. The fourth-order valence-electron chi connectivity index (χ4n) is 2.41. The number of ketones is 1. The second kappa shape index (κ2) is 5.13. The van der Waals surface area contributed by atoms with Gasteiger partial charge < -0.3 is 0 Å². The van der Waals surface area contributed by atoms with Crippen LogP contribution in [-0.4, -0.2) is 15.6 Å². The SMILES string of the molecule is CCn1ncc(Br)c1C(=O)C1CCCCC1. The second-order valence-corrected chi connectivity index (χ2v) is 5.21. The standard InChI is InChI=1S/C12H17BrN2O/c1-2-15-11(10(13)8-14-15)12(16)9-6-4-3-5-7-9/h8-9H,2-7H2,1H3. The Balaban J connectivity index is 2.21. The van der Waals surface area contributed by atoms with Gasteiger partial charge in [-0.25, -0.2) is 0 Å². The number of rotatable bonds is 3. The first kappa shape index (κ1) is 11.8. The van der Waals surface area contributed by atoms with Gasteiger partial charge in [-0.05, 0) is 35.7 Å². The zero-order valence-corrected chi connectivity index (χ0v) is 11.2. The lowest BCUT2D eigenvalue weighted by Crippen LogP contribution is -2.21. The Kier molecular flexibility index (Phi) is 3.79. The summed E-state index contributed by atoms with van der Waals surface area (Å²) < 4.78 is 2.63. The number of nitrogens with zero attached hydrogens (tertiary/aromatic N) is 2. The van der Waals surface area contributed by atoms with Crippen LogP contribution in [0, 0.1) is 5.92 Å². The number of hydrogen-bond acceptors (Lipinski definition) is 2. The van der Waals surface area contributed by atoms with Crippen molar-refractivity contribution in [3.05, 3.63) is 16.4 Å². The summed E-state index contributed by atoms with van der Waals surface area (Å²) >= 11 is 3.42. The summed E-state index contributed by atoms with van der Waals surface area (Å²) in [5.74, 6) is 0.484. The first-order valence-electron chi connectivity index (χ1n) is 5.99. The molecule has 1 heterocycles. The third kappa shape index (κ3) is 2.21. The number of hydrogen-bond donors (Lipinski definition) is 0. The maximum atomic E-state index is 12.4. The number of aromatic nitrogens is 2. The second-order valence-electron chi connectivity index (χ2n) is 4.36. The molecule has 1 aromatic heterocycles. The monoisotopic (exact) mass is 284 g/mol. The third-order valence-corrected chi connectivity index (χ3v) is 3.88. The van der Waals surface area contributed by atoms with Gasteiger partial charge in [-0.2, -0.15) is 5.10 Å². The molecule has 4 heteroatoms. The Hall–Kier alpha value is -0.640. The minimum atomic E-state index is 0.215. The smallest absolute Gasteiger partial charge is 0.185 e. The van der Waals surface area contributed by atoms with Crippen molar-refractivity contribution in [3.8, 4) is 0 Å². The van der Waals surface area contributed by atoms with Gasteiger partial charge in [-0.15, -0.1) is 0 Å². The molecule has 2 rings (SSSR count). The number of carbonyl (C=O) groups excluding carboxylic acids is 1. The Morgan fingerprint density at radius 2 is 2.19 bits per heavy atom. The molecule has 0 spiro atoms. The van der Waals surface area contributed by atoms with E-state index in [0.717, 1.165) is 29.6 Å². The van der Waals surface area contributed by atoms with Crippen LogP contribution < -0.4 is 0 Å². The minimum absolute atomic E-state index is 0.215. The molecule has 1 fully saturated rings. The van der Waals surface area contributed by atoms with Crippen LogP contribution in [0.15, 0.2) is 10.7 Å². The minimum Gasteiger partial charge on any atom is -0.292 e. The lowest BCUT2D eigenvalue weighted by atomic mass is 9.85. The molecule has 0 atom stereocenters. The normalized spacial score (nSPS) is 17.6. The predicted molar refractivity (Wildman–Crippen MR) is 66.5 cm³/mol. The summed E-state index contributed by atoms with van der Waals surface area (Å²) in [4.78, 5) is 12.4. The van der Waals surface area contributed by atoms with E-state index in [1.165, 1.54) is 19.3 Å². The van der Waals surface area contributed by atoms with Crippen molar-refractivity contribution in [2.45, 2.75) is 45.6 Å². The average molecular weight is 285 g/mol. The van der Waals surface area contributed by atoms with Gasteiger partial charge in [0.25, 0.3) is 0 Å². The fraction of sp³-hybridized carbons (Fsp3) is 0.667. The summed E-state index contributed by atoms with van der Waals surface area (Å²) in [6, 6.07) is 0. The summed E-state index contributed by atoms with van der Waals surface area (Å²) in [7, 11) is 0. The first-order valence-corrected chi connectivity index (χ1v) is 6.79. The molecule has 0 saturated heterocycles. The van der Waals surface area contributed by atoms with E-state index in [4.69, 9.17) is 0 Å². The first-order chi connectivity index (χ1) is 7.74. The summed E-state index contributed by atoms with van der Waals surface area (Å²) in [5.41, 5.74) is 0.759. The molecule has 1 aliphatic carbocycles. The molecule has 16 heavy (non-hydrogen) atoms. The summed E-state index contributed by atoms with van der Waals surface area (Å²) in [5, 5.41) is 4.20. The molecule has 3 nitrogen and oxygen atoms in total. The van der Waals surface area contributed by atoms with E-state index < -0.39 is 0 Å². The molecule has 1 saturated carbocycles. The molecule has 0 unspecified atom stereocenters. The lowest BCUT2D eigenvalue weighted by molar-refractivity contribution is 0.0877. The summed E-state index contributed by atoms with van der Waals surface area (Å²) in [6.07, 6.45) is 7.46. The van der Waals surface area contributed by atoms with E-state index in [1.807, 2.05) is 6.92 Å². The van der Waals surface area contributed by atoms with E-state index in [0.29, 0.717) is 0 Å². The van der Waals surface area contributed by atoms with Crippen LogP contribution >= 0.6 is 15.9 Å². The van der Waals surface area contributed by atoms with E-state index in [2.05, 4.69) is 21.0 Å². The van der Waals surface area contributed by atoms with E-state index in [1.54, 1.807) is 10.9 Å². The van der Waals surface area contributed by atoms with Crippen LogP contribution in [0.3, 0.4) is 0 Å². The maximum absolute atomic E-state index is 12.4. The number of aryl methyl sites for hydroxylation is 1. The van der Waals surface area contributed by atoms with Crippen LogP contribution in [-0.2, 0) is 6.54 Å². The van der Waals surface area contributed by atoms with Crippen LogP contribution in [0.1, 0.15) is 49.5 Å². The largest absolute Gasteiger partial charge is 0.292 e. The van der Waals surface area contributed by atoms with Gasteiger partial charge in [0.05, 0.1) is 10.7 Å². The van der Waals surface area contributed by atoms with Gasteiger partial charge >= 0.3 is 0 Å². The molecular formula is C12H17BrN2O. The molecule has 0 bridgehead atoms. The average Bonchev–Trinajstić information content (AvgIpc) is 2.70. The summed E-state index contributed by atoms with van der Waals surface area (Å²) in [6.45, 7) is 2.76. The van der Waals surface area contributed by atoms with Crippen molar-refractivity contribution in [3.63, 3.8) is 0 Å². The molecule has 1 aromatic rings. The van der Waals surface area contributed by atoms with Crippen LogP contribution in [0.25, 0.3) is 0 Å². The molecule has 0 aromatic carbocycles. The van der Waals surface area contributed by atoms with Crippen LogP contribution in [0.5, 0.6) is 0 Å².